The van der Waals surface area contributed by atoms with Crippen LogP contribution < -0.4 is 5.43 Å². The van der Waals surface area contributed by atoms with Crippen molar-refractivity contribution in [2.45, 2.75) is 33.1 Å². The molecule has 1 amide bonds. The van der Waals surface area contributed by atoms with Crippen molar-refractivity contribution in [3.8, 4) is 5.75 Å². The maximum absolute atomic E-state index is 12.0. The van der Waals surface area contributed by atoms with Crippen LogP contribution >= 0.6 is 0 Å². The number of phenolic OH excluding ortho intramolecular Hbond substituents is 1. The molecule has 22 heavy (non-hydrogen) atoms. The Morgan fingerprint density at radius 2 is 1.91 bits per heavy atom. The van der Waals surface area contributed by atoms with Gasteiger partial charge in [0.15, 0.2) is 5.69 Å². The van der Waals surface area contributed by atoms with Crippen LogP contribution in [0.2, 0.25) is 0 Å². The third-order valence-electron chi connectivity index (χ3n) is 3.23. The van der Waals surface area contributed by atoms with Gasteiger partial charge in [0.1, 0.15) is 5.75 Å². The second kappa shape index (κ2) is 6.01. The summed E-state index contributed by atoms with van der Waals surface area (Å²) in [4.78, 5) is 12.0. The minimum Gasteiger partial charge on any atom is -0.508 e. The van der Waals surface area contributed by atoms with Crippen molar-refractivity contribution in [1.82, 2.24) is 15.6 Å². The van der Waals surface area contributed by atoms with Crippen molar-refractivity contribution >= 4 is 11.6 Å². The van der Waals surface area contributed by atoms with E-state index in [0.717, 1.165) is 11.3 Å². The average Bonchev–Trinajstić information content (AvgIpc) is 2.95. The van der Waals surface area contributed by atoms with Crippen LogP contribution in [0.5, 0.6) is 5.75 Å². The van der Waals surface area contributed by atoms with Crippen molar-refractivity contribution < 1.29 is 9.90 Å². The van der Waals surface area contributed by atoms with Crippen LogP contribution in [0, 0.1) is 0 Å². The Kier molecular flexibility index (Phi) is 4.30. The first-order chi connectivity index (χ1) is 10.3. The number of phenols is 1. The van der Waals surface area contributed by atoms with E-state index < -0.39 is 0 Å². The SMILES string of the molecule is C/C(=N\NC(=O)c1cc(C(C)(C)C)[nH]n1)c1ccc(O)cc1. The molecule has 6 nitrogen and oxygen atoms in total. The van der Waals surface area contributed by atoms with Gasteiger partial charge in [-0.05, 0) is 42.8 Å². The summed E-state index contributed by atoms with van der Waals surface area (Å²) >= 11 is 0. The first kappa shape index (κ1) is 15.8. The second-order valence-corrected chi connectivity index (χ2v) is 6.10. The van der Waals surface area contributed by atoms with E-state index in [4.69, 9.17) is 0 Å². The van der Waals surface area contributed by atoms with E-state index in [0.29, 0.717) is 11.4 Å². The van der Waals surface area contributed by atoms with Gasteiger partial charge >= 0.3 is 0 Å². The lowest BCUT2D eigenvalue weighted by atomic mass is 9.92. The lowest BCUT2D eigenvalue weighted by molar-refractivity contribution is 0.0950. The third-order valence-corrected chi connectivity index (χ3v) is 3.23. The Bertz CT molecular complexity index is 694. The number of carbonyl (C=O) groups excluding carboxylic acids is 1. The summed E-state index contributed by atoms with van der Waals surface area (Å²) in [5.74, 6) is -0.184. The van der Waals surface area contributed by atoms with Gasteiger partial charge in [-0.2, -0.15) is 10.2 Å². The normalized spacial score (nSPS) is 12.3. The van der Waals surface area contributed by atoms with Gasteiger partial charge in [-0.25, -0.2) is 5.43 Å². The number of amides is 1. The third kappa shape index (κ3) is 3.72. The topological polar surface area (TPSA) is 90.4 Å². The number of rotatable bonds is 3. The molecule has 3 N–H and O–H groups in total. The minimum absolute atomic E-state index is 0.100. The van der Waals surface area contributed by atoms with Crippen LogP contribution in [0.3, 0.4) is 0 Å². The molecule has 116 valence electrons. The van der Waals surface area contributed by atoms with Crippen molar-refractivity contribution in [2.75, 3.05) is 0 Å². The first-order valence-corrected chi connectivity index (χ1v) is 6.97. The van der Waals surface area contributed by atoms with Gasteiger partial charge in [0.2, 0.25) is 0 Å². The van der Waals surface area contributed by atoms with Gasteiger partial charge in [-0.1, -0.05) is 20.8 Å². The van der Waals surface area contributed by atoms with Gasteiger partial charge in [0.25, 0.3) is 5.91 Å². The molecule has 2 aromatic rings. The highest BCUT2D eigenvalue weighted by atomic mass is 16.3. The van der Waals surface area contributed by atoms with Gasteiger partial charge in [0, 0.05) is 11.1 Å². The maximum Gasteiger partial charge on any atom is 0.291 e. The molecule has 0 bridgehead atoms. The molecule has 0 saturated heterocycles. The summed E-state index contributed by atoms with van der Waals surface area (Å²) in [6.07, 6.45) is 0. The molecule has 0 atom stereocenters. The summed E-state index contributed by atoms with van der Waals surface area (Å²) < 4.78 is 0. The Morgan fingerprint density at radius 1 is 1.27 bits per heavy atom. The maximum atomic E-state index is 12.0. The molecule has 0 fully saturated rings. The number of nitrogens with one attached hydrogen (secondary N) is 2. The highest BCUT2D eigenvalue weighted by molar-refractivity contribution is 6.00. The molecule has 0 radical (unpaired) electrons. The van der Waals surface area contributed by atoms with Gasteiger partial charge in [-0.15, -0.1) is 0 Å². The highest BCUT2D eigenvalue weighted by Gasteiger charge is 2.19. The van der Waals surface area contributed by atoms with Crippen LogP contribution in [0.4, 0.5) is 0 Å². The summed E-state index contributed by atoms with van der Waals surface area (Å²) in [6.45, 7) is 7.89. The Hall–Kier alpha value is -2.63. The first-order valence-electron chi connectivity index (χ1n) is 6.97. The summed E-state index contributed by atoms with van der Waals surface area (Å²) in [5.41, 5.74) is 5.02. The smallest absolute Gasteiger partial charge is 0.291 e. The van der Waals surface area contributed by atoms with Crippen molar-refractivity contribution in [3.63, 3.8) is 0 Å². The lowest BCUT2D eigenvalue weighted by Crippen LogP contribution is -2.19. The van der Waals surface area contributed by atoms with E-state index in [9.17, 15) is 9.90 Å². The van der Waals surface area contributed by atoms with E-state index in [1.807, 2.05) is 20.8 Å². The number of hydrazone groups is 1. The van der Waals surface area contributed by atoms with Crippen molar-refractivity contribution in [3.05, 3.63) is 47.3 Å². The van der Waals surface area contributed by atoms with E-state index >= 15 is 0 Å². The molecule has 0 aliphatic heterocycles. The molecule has 1 heterocycles. The number of H-pyrrole nitrogens is 1. The van der Waals surface area contributed by atoms with E-state index in [2.05, 4.69) is 20.7 Å². The Labute approximate surface area is 129 Å². The van der Waals surface area contributed by atoms with Gasteiger partial charge in [-0.3, -0.25) is 9.89 Å². The lowest BCUT2D eigenvalue weighted by Gasteiger charge is -2.14. The number of aromatic amines is 1. The monoisotopic (exact) mass is 300 g/mol. The fourth-order valence-electron chi connectivity index (χ4n) is 1.78. The van der Waals surface area contributed by atoms with Crippen LogP contribution in [-0.2, 0) is 5.41 Å². The highest BCUT2D eigenvalue weighted by Crippen LogP contribution is 2.20. The van der Waals surface area contributed by atoms with Gasteiger partial charge in [0.05, 0.1) is 5.71 Å². The van der Waals surface area contributed by atoms with Crippen molar-refractivity contribution in [1.29, 1.82) is 0 Å². The number of hydrogen-bond acceptors (Lipinski definition) is 4. The average molecular weight is 300 g/mol. The predicted molar refractivity (Wildman–Crippen MR) is 85.1 cm³/mol. The number of nitrogens with zero attached hydrogens (tertiary/aromatic N) is 2. The molecule has 2 rings (SSSR count). The number of benzene rings is 1. The molecular weight excluding hydrogens is 280 g/mol. The number of hydrogen-bond donors (Lipinski definition) is 3. The molecule has 0 unspecified atom stereocenters. The molecule has 0 spiro atoms. The van der Waals surface area contributed by atoms with E-state index in [-0.39, 0.29) is 17.1 Å². The van der Waals surface area contributed by atoms with E-state index in [1.165, 1.54) is 0 Å². The summed E-state index contributed by atoms with van der Waals surface area (Å²) in [6, 6.07) is 8.32. The molecule has 1 aromatic carbocycles. The van der Waals surface area contributed by atoms with Crippen LogP contribution in [0.25, 0.3) is 0 Å². The Morgan fingerprint density at radius 3 is 2.45 bits per heavy atom. The summed E-state index contributed by atoms with van der Waals surface area (Å²) in [5, 5.41) is 20.2. The van der Waals surface area contributed by atoms with Crippen LogP contribution in [0.1, 0.15) is 49.4 Å². The quantitative estimate of drug-likeness (QED) is 0.601. The van der Waals surface area contributed by atoms with Crippen LogP contribution in [0.15, 0.2) is 35.4 Å². The second-order valence-electron chi connectivity index (χ2n) is 6.10. The number of aromatic hydroxyl groups is 1. The number of carbonyl (C=O) groups is 1. The fraction of sp³-hybridized carbons (Fsp3) is 0.312. The van der Waals surface area contributed by atoms with Crippen molar-refractivity contribution in [2.24, 2.45) is 5.10 Å². The van der Waals surface area contributed by atoms with E-state index in [1.54, 1.807) is 37.3 Å². The molecule has 0 saturated carbocycles. The summed E-state index contributed by atoms with van der Waals surface area (Å²) in [7, 11) is 0. The van der Waals surface area contributed by atoms with Gasteiger partial charge < -0.3 is 5.11 Å². The molecule has 1 aromatic heterocycles. The zero-order valence-electron chi connectivity index (χ0n) is 13.1. The standard InChI is InChI=1S/C16H20N4O2/c1-10(11-5-7-12(21)8-6-11)17-20-15(22)13-9-14(19-18-13)16(2,3)4/h5-9,21H,1-4H3,(H,18,19)(H,20,22)/b17-10+. The zero-order valence-corrected chi connectivity index (χ0v) is 13.1. The predicted octanol–water partition coefficient (Wildman–Crippen LogP) is 2.57. The fourth-order valence-corrected chi connectivity index (χ4v) is 1.78. The molecular formula is C16H20N4O2. The zero-order chi connectivity index (χ0) is 16.3. The largest absolute Gasteiger partial charge is 0.508 e. The minimum atomic E-state index is -0.370. The van der Waals surface area contributed by atoms with Crippen LogP contribution in [-0.4, -0.2) is 26.9 Å². The number of aromatic nitrogens is 2. The molecule has 0 aliphatic carbocycles. The Balaban J connectivity index is 2.07. The molecule has 6 heteroatoms. The molecule has 0 aliphatic rings.